The van der Waals surface area contributed by atoms with Gasteiger partial charge in [0.2, 0.25) is 10.0 Å². The van der Waals surface area contributed by atoms with Crippen molar-refractivity contribution in [1.29, 1.82) is 0 Å². The smallest absolute Gasteiger partial charge is 0.410 e. The Morgan fingerprint density at radius 3 is 2.63 bits per heavy atom. The molecule has 1 atom stereocenters. The number of halogens is 2. The van der Waals surface area contributed by atoms with E-state index in [0.29, 0.717) is 22.2 Å². The molecule has 0 aliphatic carbocycles. The predicted molar refractivity (Wildman–Crippen MR) is 108 cm³/mol. The van der Waals surface area contributed by atoms with E-state index >= 15 is 0 Å². The Morgan fingerprint density at radius 1 is 1.30 bits per heavy atom. The summed E-state index contributed by atoms with van der Waals surface area (Å²) in [6.07, 6.45) is 2.13. The number of piperidine rings is 1. The van der Waals surface area contributed by atoms with Crippen molar-refractivity contribution in [2.24, 2.45) is 0 Å². The van der Waals surface area contributed by atoms with E-state index in [2.05, 4.69) is 4.72 Å². The van der Waals surface area contributed by atoms with Crippen molar-refractivity contribution in [3.8, 4) is 0 Å². The number of nitrogens with one attached hydrogen (secondary N) is 1. The normalized spacial score (nSPS) is 18.4. The van der Waals surface area contributed by atoms with E-state index in [1.165, 1.54) is 6.07 Å². The number of carbonyl (C=O) groups excluding carboxylic acids is 1. The molecule has 1 heterocycles. The van der Waals surface area contributed by atoms with E-state index in [0.717, 1.165) is 19.3 Å². The molecule has 0 spiro atoms. The monoisotopic (exact) mass is 436 g/mol. The van der Waals surface area contributed by atoms with Crippen molar-refractivity contribution in [3.63, 3.8) is 0 Å². The van der Waals surface area contributed by atoms with Crippen LogP contribution in [0.2, 0.25) is 10.0 Å². The van der Waals surface area contributed by atoms with E-state index < -0.39 is 21.7 Å². The third kappa shape index (κ3) is 7.14. The highest BCUT2D eigenvalue weighted by atomic mass is 35.5. The molecule has 0 aromatic heterocycles. The predicted octanol–water partition coefficient (Wildman–Crippen LogP) is 4.20. The highest BCUT2D eigenvalue weighted by Gasteiger charge is 2.31. The van der Waals surface area contributed by atoms with Crippen LogP contribution in [0.4, 0.5) is 4.79 Å². The average Bonchev–Trinajstić information content (AvgIpc) is 2.54. The van der Waals surface area contributed by atoms with Crippen molar-refractivity contribution in [3.05, 3.63) is 33.8 Å². The van der Waals surface area contributed by atoms with E-state index in [4.69, 9.17) is 27.9 Å². The lowest BCUT2D eigenvalue weighted by molar-refractivity contribution is 0.0105. The maximum Gasteiger partial charge on any atom is 0.410 e. The van der Waals surface area contributed by atoms with Gasteiger partial charge in [-0.1, -0.05) is 29.3 Å². The van der Waals surface area contributed by atoms with Gasteiger partial charge >= 0.3 is 6.09 Å². The molecule has 1 saturated heterocycles. The van der Waals surface area contributed by atoms with Gasteiger partial charge in [-0.3, -0.25) is 0 Å². The van der Waals surface area contributed by atoms with Crippen LogP contribution in [0.15, 0.2) is 18.2 Å². The van der Waals surface area contributed by atoms with Gasteiger partial charge in [-0.2, -0.15) is 0 Å². The van der Waals surface area contributed by atoms with Crippen molar-refractivity contribution in [2.75, 3.05) is 13.1 Å². The molecule has 1 fully saturated rings. The van der Waals surface area contributed by atoms with Crippen molar-refractivity contribution >= 4 is 39.3 Å². The minimum absolute atomic E-state index is 0.146. The van der Waals surface area contributed by atoms with Crippen LogP contribution < -0.4 is 4.72 Å². The Hall–Kier alpha value is -1.02. The van der Waals surface area contributed by atoms with Crippen LogP contribution in [0.3, 0.4) is 0 Å². The number of benzene rings is 1. The molecule has 0 saturated carbocycles. The Balaban J connectivity index is 2.00. The Morgan fingerprint density at radius 2 is 2.00 bits per heavy atom. The van der Waals surface area contributed by atoms with E-state index in [1.54, 1.807) is 17.0 Å². The van der Waals surface area contributed by atoms with E-state index in [9.17, 15) is 13.2 Å². The van der Waals surface area contributed by atoms with Crippen LogP contribution in [0.1, 0.15) is 45.6 Å². The number of carbonyl (C=O) groups is 1. The molecular weight excluding hydrogens is 411 g/mol. The minimum Gasteiger partial charge on any atom is -0.444 e. The van der Waals surface area contributed by atoms with Gasteiger partial charge in [-0.15, -0.1) is 0 Å². The van der Waals surface area contributed by atoms with Crippen molar-refractivity contribution < 1.29 is 17.9 Å². The first-order chi connectivity index (χ1) is 12.5. The summed E-state index contributed by atoms with van der Waals surface area (Å²) in [5.74, 6) is -0.248. The number of likely N-dealkylation sites (tertiary alicyclic amines) is 1. The molecule has 9 heteroatoms. The Kier molecular flexibility index (Phi) is 7.41. The first-order valence-corrected chi connectivity index (χ1v) is 11.3. The summed E-state index contributed by atoms with van der Waals surface area (Å²) in [6, 6.07) is 4.48. The summed E-state index contributed by atoms with van der Waals surface area (Å²) < 4.78 is 32.9. The standard InChI is InChI=1S/C18H26Cl2N2O4S/c1-18(2,3)26-17(23)22-9-5-4-6-15(22)11-21-27(24,25)12-13-7-8-14(19)10-16(13)20/h7-8,10,15,21H,4-6,9,11-12H2,1-3H3/t15-/m0/s1. The highest BCUT2D eigenvalue weighted by Crippen LogP contribution is 2.23. The van der Waals surface area contributed by atoms with E-state index in [-0.39, 0.29) is 18.3 Å². The first kappa shape index (κ1) is 22.3. The zero-order valence-electron chi connectivity index (χ0n) is 15.8. The molecule has 152 valence electrons. The van der Waals surface area contributed by atoms with Crippen LogP contribution in [0.25, 0.3) is 0 Å². The molecule has 1 aromatic carbocycles. The number of hydrogen-bond acceptors (Lipinski definition) is 4. The van der Waals surface area contributed by atoms with Gasteiger partial charge in [-0.25, -0.2) is 17.9 Å². The molecule has 1 aliphatic heterocycles. The number of sulfonamides is 1. The van der Waals surface area contributed by atoms with Crippen LogP contribution in [-0.2, 0) is 20.5 Å². The summed E-state index contributed by atoms with van der Waals surface area (Å²) >= 11 is 11.9. The Labute approximate surface area is 171 Å². The molecule has 1 aliphatic rings. The minimum atomic E-state index is -3.61. The van der Waals surface area contributed by atoms with Crippen LogP contribution in [0, 0.1) is 0 Å². The fraction of sp³-hybridized carbons (Fsp3) is 0.611. The zero-order chi connectivity index (χ0) is 20.2. The molecule has 27 heavy (non-hydrogen) atoms. The molecule has 1 aromatic rings. The second-order valence-electron chi connectivity index (χ2n) is 7.67. The SMILES string of the molecule is CC(C)(C)OC(=O)N1CCCC[C@H]1CNS(=O)(=O)Cc1ccc(Cl)cc1Cl. The maximum atomic E-state index is 12.4. The summed E-state index contributed by atoms with van der Waals surface area (Å²) in [5.41, 5.74) is -0.120. The van der Waals surface area contributed by atoms with E-state index in [1.807, 2.05) is 20.8 Å². The van der Waals surface area contributed by atoms with Gasteiger partial charge in [0.1, 0.15) is 5.60 Å². The van der Waals surface area contributed by atoms with Crippen LogP contribution >= 0.6 is 23.2 Å². The molecular formula is C18H26Cl2N2O4S. The molecule has 6 nitrogen and oxygen atoms in total. The first-order valence-electron chi connectivity index (χ1n) is 8.88. The summed E-state index contributed by atoms with van der Waals surface area (Å²) in [5, 5.41) is 0.755. The van der Waals surface area contributed by atoms with Gasteiger partial charge < -0.3 is 9.64 Å². The van der Waals surface area contributed by atoms with Crippen LogP contribution in [-0.4, -0.2) is 44.1 Å². The summed E-state index contributed by atoms with van der Waals surface area (Å²) in [4.78, 5) is 14.0. The van der Waals surface area contributed by atoms with Crippen molar-refractivity contribution in [2.45, 2.75) is 57.4 Å². The van der Waals surface area contributed by atoms with Gasteiger partial charge in [-0.05, 0) is 57.7 Å². The summed E-state index contributed by atoms with van der Waals surface area (Å²) in [6.45, 7) is 6.13. The second kappa shape index (κ2) is 8.99. The van der Waals surface area contributed by atoms with Gasteiger partial charge in [0, 0.05) is 29.2 Å². The summed E-state index contributed by atoms with van der Waals surface area (Å²) in [7, 11) is -3.61. The quantitative estimate of drug-likeness (QED) is 0.749. The number of ether oxygens (including phenoxy) is 1. The molecule has 1 N–H and O–H groups in total. The number of amides is 1. The molecule has 1 amide bonds. The molecule has 0 bridgehead atoms. The van der Waals surface area contributed by atoms with Crippen molar-refractivity contribution in [1.82, 2.24) is 9.62 Å². The largest absolute Gasteiger partial charge is 0.444 e. The zero-order valence-corrected chi connectivity index (χ0v) is 18.1. The van der Waals surface area contributed by atoms with Crippen LogP contribution in [0.5, 0.6) is 0 Å². The lowest BCUT2D eigenvalue weighted by atomic mass is 10.0. The highest BCUT2D eigenvalue weighted by molar-refractivity contribution is 7.88. The third-order valence-corrected chi connectivity index (χ3v) is 6.04. The average molecular weight is 437 g/mol. The van der Waals surface area contributed by atoms with Gasteiger partial charge in [0.05, 0.1) is 5.75 Å². The second-order valence-corrected chi connectivity index (χ2v) is 10.3. The lowest BCUT2D eigenvalue weighted by Gasteiger charge is -2.36. The topological polar surface area (TPSA) is 75.7 Å². The Bertz CT molecular complexity index is 778. The fourth-order valence-corrected chi connectivity index (χ4v) is 4.66. The fourth-order valence-electron chi connectivity index (χ4n) is 2.89. The number of nitrogens with zero attached hydrogens (tertiary/aromatic N) is 1. The maximum absolute atomic E-state index is 12.4. The third-order valence-electron chi connectivity index (χ3n) is 4.15. The number of hydrogen-bond donors (Lipinski definition) is 1. The van der Waals surface area contributed by atoms with Gasteiger partial charge in [0.15, 0.2) is 0 Å². The molecule has 2 rings (SSSR count). The molecule has 0 radical (unpaired) electrons. The lowest BCUT2D eigenvalue weighted by Crippen LogP contribution is -2.50. The number of rotatable bonds is 5. The molecule has 0 unspecified atom stereocenters. The van der Waals surface area contributed by atoms with Gasteiger partial charge in [0.25, 0.3) is 0 Å².